The largest absolute Gasteiger partial charge is 0.481 e. The molecule has 166 valence electrons. The fourth-order valence-electron chi connectivity index (χ4n) is 3.03. The molecule has 0 atom stereocenters. The van der Waals surface area contributed by atoms with Crippen LogP contribution in [0.4, 0.5) is 5.69 Å². The maximum Gasteiger partial charge on any atom is 0.310 e. The second-order valence-electron chi connectivity index (χ2n) is 6.94. The summed E-state index contributed by atoms with van der Waals surface area (Å²) in [5.74, 6) is -1.34. The fraction of sp³-hybridized carbons (Fsp3) is 0.348. The Morgan fingerprint density at radius 1 is 1.06 bits per heavy atom. The molecule has 0 saturated carbocycles. The van der Waals surface area contributed by atoms with Crippen molar-refractivity contribution in [2.75, 3.05) is 45.2 Å². The Balaban J connectivity index is 0.000000785. The number of nitrogens with zero attached hydrogens (tertiary/aromatic N) is 1. The number of carbonyl (C=O) groups is 3. The number of para-hydroxylation sites is 1. The van der Waals surface area contributed by atoms with E-state index in [9.17, 15) is 9.59 Å². The first-order valence-corrected chi connectivity index (χ1v) is 10.0. The lowest BCUT2D eigenvalue weighted by Gasteiger charge is -2.26. The monoisotopic (exact) mass is 428 g/mol. The second-order valence-corrected chi connectivity index (χ2v) is 6.94. The first kappa shape index (κ1) is 24.0. The highest BCUT2D eigenvalue weighted by Crippen LogP contribution is 2.21. The number of hydrogen-bond acceptors (Lipinski definition) is 7. The smallest absolute Gasteiger partial charge is 0.310 e. The van der Waals surface area contributed by atoms with Gasteiger partial charge in [0.05, 0.1) is 19.6 Å². The van der Waals surface area contributed by atoms with Crippen LogP contribution < -0.4 is 5.73 Å². The zero-order valence-electron chi connectivity index (χ0n) is 17.6. The van der Waals surface area contributed by atoms with Gasteiger partial charge in [-0.05, 0) is 11.6 Å². The van der Waals surface area contributed by atoms with Gasteiger partial charge in [-0.2, -0.15) is 0 Å². The van der Waals surface area contributed by atoms with Gasteiger partial charge >= 0.3 is 5.97 Å². The van der Waals surface area contributed by atoms with Crippen LogP contribution in [0.15, 0.2) is 48.5 Å². The molecule has 2 aromatic carbocycles. The van der Waals surface area contributed by atoms with E-state index >= 15 is 0 Å². The van der Waals surface area contributed by atoms with Gasteiger partial charge in [0.2, 0.25) is 0 Å². The van der Waals surface area contributed by atoms with E-state index in [0.29, 0.717) is 48.7 Å². The average molecular weight is 428 g/mol. The van der Waals surface area contributed by atoms with Crippen molar-refractivity contribution < 1.29 is 29.0 Å². The maximum absolute atomic E-state index is 12.6. The summed E-state index contributed by atoms with van der Waals surface area (Å²) >= 11 is 0. The molecule has 0 spiro atoms. The molecule has 3 rings (SSSR count). The highest BCUT2D eigenvalue weighted by Gasteiger charge is 2.17. The second kappa shape index (κ2) is 12.5. The number of carboxylic acids is 1. The topological polar surface area (TPSA) is 119 Å². The molecule has 0 unspecified atom stereocenters. The SMILES string of the molecule is CC(=O)O.Nc1c(CC(=O)OCCN2CCOCC2)cccc1C(=O)c1ccccc1. The first-order valence-electron chi connectivity index (χ1n) is 10.0. The zero-order chi connectivity index (χ0) is 22.6. The highest BCUT2D eigenvalue weighted by atomic mass is 16.5. The van der Waals surface area contributed by atoms with Crippen LogP contribution in [0, 0.1) is 0 Å². The third kappa shape index (κ3) is 8.19. The molecule has 0 bridgehead atoms. The number of ether oxygens (including phenoxy) is 2. The summed E-state index contributed by atoms with van der Waals surface area (Å²) in [6.07, 6.45) is 0.0465. The van der Waals surface area contributed by atoms with Gasteiger partial charge in [-0.3, -0.25) is 19.3 Å². The number of hydrogen-bond donors (Lipinski definition) is 2. The number of aliphatic carboxylic acids is 1. The Morgan fingerprint density at radius 2 is 1.71 bits per heavy atom. The number of carbonyl (C=O) groups excluding carboxylic acids is 2. The minimum atomic E-state index is -0.833. The van der Waals surface area contributed by atoms with Crippen molar-refractivity contribution in [3.8, 4) is 0 Å². The van der Waals surface area contributed by atoms with Gasteiger partial charge < -0.3 is 20.3 Å². The van der Waals surface area contributed by atoms with E-state index in [-0.39, 0.29) is 18.2 Å². The van der Waals surface area contributed by atoms with Crippen LogP contribution in [0.1, 0.15) is 28.4 Å². The van der Waals surface area contributed by atoms with Gasteiger partial charge in [-0.1, -0.05) is 42.5 Å². The molecule has 0 amide bonds. The van der Waals surface area contributed by atoms with E-state index in [1.54, 1.807) is 42.5 Å². The molecule has 0 aliphatic carbocycles. The molecule has 1 aliphatic heterocycles. The zero-order valence-corrected chi connectivity index (χ0v) is 17.6. The number of esters is 1. The number of benzene rings is 2. The minimum absolute atomic E-state index is 0.0465. The van der Waals surface area contributed by atoms with E-state index in [4.69, 9.17) is 25.1 Å². The summed E-state index contributed by atoms with van der Waals surface area (Å²) in [4.78, 5) is 36.0. The summed E-state index contributed by atoms with van der Waals surface area (Å²) in [6, 6.07) is 14.1. The molecular formula is C23H28N2O6. The maximum atomic E-state index is 12.6. The lowest BCUT2D eigenvalue weighted by molar-refractivity contribution is -0.143. The summed E-state index contributed by atoms with van der Waals surface area (Å²) in [6.45, 7) is 5.25. The molecule has 1 heterocycles. The predicted octanol–water partition coefficient (Wildman–Crippen LogP) is 2.01. The van der Waals surface area contributed by atoms with E-state index in [1.165, 1.54) is 0 Å². The summed E-state index contributed by atoms with van der Waals surface area (Å²) in [5, 5.41) is 7.42. The third-order valence-corrected chi connectivity index (χ3v) is 4.59. The minimum Gasteiger partial charge on any atom is -0.481 e. The fourth-order valence-corrected chi connectivity index (χ4v) is 3.03. The predicted molar refractivity (Wildman–Crippen MR) is 116 cm³/mol. The van der Waals surface area contributed by atoms with Crippen molar-refractivity contribution in [2.45, 2.75) is 13.3 Å². The molecule has 3 N–H and O–H groups in total. The van der Waals surface area contributed by atoms with Crippen LogP contribution in [0.3, 0.4) is 0 Å². The van der Waals surface area contributed by atoms with Crippen molar-refractivity contribution in [1.82, 2.24) is 4.90 Å². The van der Waals surface area contributed by atoms with E-state index in [0.717, 1.165) is 20.0 Å². The van der Waals surface area contributed by atoms with Crippen molar-refractivity contribution in [3.05, 3.63) is 65.2 Å². The summed E-state index contributed by atoms with van der Waals surface area (Å²) < 4.78 is 10.6. The van der Waals surface area contributed by atoms with Crippen LogP contribution in [-0.4, -0.2) is 67.2 Å². The molecule has 1 aliphatic rings. The van der Waals surface area contributed by atoms with Crippen LogP contribution in [0.2, 0.25) is 0 Å². The Kier molecular flexibility index (Phi) is 9.67. The first-order chi connectivity index (χ1) is 14.9. The number of morpholine rings is 1. The molecule has 1 fully saturated rings. The third-order valence-electron chi connectivity index (χ3n) is 4.59. The van der Waals surface area contributed by atoms with Gasteiger partial charge in [0, 0.05) is 43.4 Å². The lowest BCUT2D eigenvalue weighted by atomic mass is 9.98. The summed E-state index contributed by atoms with van der Waals surface area (Å²) in [5.41, 5.74) is 8.07. The molecule has 2 aromatic rings. The van der Waals surface area contributed by atoms with Crippen molar-refractivity contribution in [3.63, 3.8) is 0 Å². The molecule has 8 nitrogen and oxygen atoms in total. The van der Waals surface area contributed by atoms with Crippen molar-refractivity contribution >= 4 is 23.4 Å². The number of ketones is 1. The molecule has 31 heavy (non-hydrogen) atoms. The Hall–Kier alpha value is -3.23. The number of carboxylic acid groups (broad SMARTS) is 1. The highest BCUT2D eigenvalue weighted by molar-refractivity contribution is 6.12. The van der Waals surface area contributed by atoms with Crippen molar-refractivity contribution in [2.24, 2.45) is 0 Å². The number of nitrogen functional groups attached to an aromatic ring is 1. The van der Waals surface area contributed by atoms with E-state index < -0.39 is 5.97 Å². The van der Waals surface area contributed by atoms with E-state index in [2.05, 4.69) is 4.90 Å². The van der Waals surface area contributed by atoms with Crippen LogP contribution in [0.5, 0.6) is 0 Å². The van der Waals surface area contributed by atoms with Crippen LogP contribution in [-0.2, 0) is 25.5 Å². The number of rotatable bonds is 7. The van der Waals surface area contributed by atoms with Crippen molar-refractivity contribution in [1.29, 1.82) is 0 Å². The van der Waals surface area contributed by atoms with Gasteiger partial charge in [-0.25, -0.2) is 0 Å². The normalized spacial score (nSPS) is 13.6. The molecule has 0 radical (unpaired) electrons. The molecular weight excluding hydrogens is 400 g/mol. The quantitative estimate of drug-likeness (QED) is 0.390. The number of anilines is 1. The van der Waals surface area contributed by atoms with Crippen LogP contribution in [0.25, 0.3) is 0 Å². The molecule has 8 heteroatoms. The van der Waals surface area contributed by atoms with Gasteiger partial charge in [0.15, 0.2) is 5.78 Å². The summed E-state index contributed by atoms with van der Waals surface area (Å²) in [7, 11) is 0. The standard InChI is InChI=1S/C21H24N2O4.C2H4O2/c22-20-17(15-19(24)27-14-11-23-9-12-26-13-10-23)7-4-8-18(20)21(25)16-5-2-1-3-6-16;1-2(3)4/h1-8H,9-15,22H2;1H3,(H,3,4). The average Bonchev–Trinajstić information content (AvgIpc) is 2.76. The van der Waals surface area contributed by atoms with Gasteiger partial charge in [-0.15, -0.1) is 0 Å². The molecule has 1 saturated heterocycles. The van der Waals surface area contributed by atoms with Gasteiger partial charge in [0.25, 0.3) is 5.97 Å². The molecule has 0 aromatic heterocycles. The lowest BCUT2D eigenvalue weighted by Crippen LogP contribution is -2.38. The number of nitrogens with two attached hydrogens (primary N) is 1. The van der Waals surface area contributed by atoms with E-state index in [1.807, 2.05) is 6.07 Å². The van der Waals surface area contributed by atoms with Crippen LogP contribution >= 0.6 is 0 Å². The Labute approximate surface area is 181 Å². The Bertz CT molecular complexity index is 875. The Morgan fingerprint density at radius 3 is 2.35 bits per heavy atom. The van der Waals surface area contributed by atoms with Gasteiger partial charge in [0.1, 0.15) is 6.61 Å².